The molecule has 4 heterocycles. The van der Waals surface area contributed by atoms with E-state index in [9.17, 15) is 0 Å². The first-order valence-corrected chi connectivity index (χ1v) is 8.66. The van der Waals surface area contributed by atoms with E-state index in [1.54, 1.807) is 6.33 Å². The molecule has 0 spiro atoms. The Bertz CT molecular complexity index is 1050. The Kier molecular flexibility index (Phi) is 2.64. The molecule has 5 rings (SSSR count). The maximum Gasteiger partial charge on any atom is 0.173 e. The van der Waals surface area contributed by atoms with Gasteiger partial charge in [0, 0.05) is 10.6 Å². The van der Waals surface area contributed by atoms with Crippen molar-refractivity contribution in [3.05, 3.63) is 40.0 Å². The molecule has 0 atom stereocenters. The van der Waals surface area contributed by atoms with Gasteiger partial charge in [-0.25, -0.2) is 14.5 Å². The number of aryl methyl sites for hydroxylation is 4. The summed E-state index contributed by atoms with van der Waals surface area (Å²) in [6.07, 6.45) is 5.33. The highest BCUT2D eigenvalue weighted by Crippen LogP contribution is 2.37. The summed E-state index contributed by atoms with van der Waals surface area (Å²) in [6.45, 7) is 4.65. The van der Waals surface area contributed by atoms with Crippen LogP contribution < -0.4 is 0 Å². The third kappa shape index (κ3) is 1.92. The number of hydrogen-bond donors (Lipinski definition) is 0. The molecule has 4 aromatic rings. The van der Waals surface area contributed by atoms with Crippen LogP contribution in [0.1, 0.15) is 34.1 Å². The van der Waals surface area contributed by atoms with Gasteiger partial charge in [-0.05, 0) is 44.7 Å². The summed E-state index contributed by atoms with van der Waals surface area (Å²) in [5.74, 6) is 0.781. The van der Waals surface area contributed by atoms with Crippen LogP contribution in [0.15, 0.2) is 12.4 Å². The van der Waals surface area contributed by atoms with Gasteiger partial charge in [-0.3, -0.25) is 4.68 Å². The lowest BCUT2D eigenvalue weighted by atomic mass is 10.2. The number of hydrogen-bond acceptors (Lipinski definition) is 5. The molecule has 0 amide bonds. The average molecular weight is 324 g/mol. The first-order valence-electron chi connectivity index (χ1n) is 7.84. The van der Waals surface area contributed by atoms with Crippen LogP contribution in [0.25, 0.3) is 15.9 Å². The van der Waals surface area contributed by atoms with Gasteiger partial charge in [0.25, 0.3) is 0 Å². The lowest BCUT2D eigenvalue weighted by Gasteiger charge is -1.99. The molecule has 0 aromatic carbocycles. The van der Waals surface area contributed by atoms with Crippen LogP contribution in [0, 0.1) is 13.8 Å². The largest absolute Gasteiger partial charge is 0.262 e. The van der Waals surface area contributed by atoms with Crippen LogP contribution in [0.3, 0.4) is 0 Å². The Labute approximate surface area is 136 Å². The molecular formula is C16H16N6S. The fourth-order valence-corrected chi connectivity index (χ4v) is 4.70. The number of nitrogens with zero attached hydrogens (tertiary/aromatic N) is 6. The third-order valence-electron chi connectivity index (χ3n) is 4.48. The van der Waals surface area contributed by atoms with Gasteiger partial charge in [0.2, 0.25) is 0 Å². The Morgan fingerprint density at radius 3 is 2.96 bits per heavy atom. The summed E-state index contributed by atoms with van der Waals surface area (Å²) >= 11 is 1.81. The lowest BCUT2D eigenvalue weighted by Crippen LogP contribution is -2.05. The average Bonchev–Trinajstić information content (AvgIpc) is 3.21. The van der Waals surface area contributed by atoms with E-state index in [0.717, 1.165) is 34.1 Å². The van der Waals surface area contributed by atoms with Crippen molar-refractivity contribution in [3.63, 3.8) is 0 Å². The fourth-order valence-electron chi connectivity index (χ4n) is 3.47. The topological polar surface area (TPSA) is 60.9 Å². The van der Waals surface area contributed by atoms with Crippen molar-refractivity contribution in [2.75, 3.05) is 0 Å². The first kappa shape index (κ1) is 13.2. The number of aromatic nitrogens is 6. The van der Waals surface area contributed by atoms with Crippen molar-refractivity contribution < 1.29 is 0 Å². The zero-order chi connectivity index (χ0) is 15.6. The van der Waals surface area contributed by atoms with Crippen LogP contribution in [0.2, 0.25) is 0 Å². The van der Waals surface area contributed by atoms with E-state index < -0.39 is 0 Å². The maximum absolute atomic E-state index is 4.79. The Morgan fingerprint density at radius 2 is 2.13 bits per heavy atom. The van der Waals surface area contributed by atoms with Gasteiger partial charge >= 0.3 is 0 Å². The molecule has 0 N–H and O–H groups in total. The van der Waals surface area contributed by atoms with E-state index in [2.05, 4.69) is 28.2 Å². The van der Waals surface area contributed by atoms with Crippen LogP contribution in [0.5, 0.6) is 0 Å². The van der Waals surface area contributed by atoms with E-state index in [1.165, 1.54) is 28.7 Å². The van der Waals surface area contributed by atoms with Crippen LogP contribution >= 0.6 is 11.3 Å². The third-order valence-corrected chi connectivity index (χ3v) is 5.68. The van der Waals surface area contributed by atoms with Crippen molar-refractivity contribution in [2.24, 2.45) is 0 Å². The molecule has 23 heavy (non-hydrogen) atoms. The standard InChI is InChI=1S/C16H16N6S/c1-9-6-10(2)21(19-9)7-13-18-15-14-11-4-3-5-12(11)23-16(14)17-8-22(15)20-13/h6,8H,3-5,7H2,1-2H3. The number of thiophene rings is 1. The van der Waals surface area contributed by atoms with Crippen molar-refractivity contribution in [1.29, 1.82) is 0 Å². The van der Waals surface area contributed by atoms with E-state index in [0.29, 0.717) is 6.54 Å². The summed E-state index contributed by atoms with van der Waals surface area (Å²) in [5.41, 5.74) is 4.52. The quantitative estimate of drug-likeness (QED) is 0.569. The maximum atomic E-state index is 4.79. The van der Waals surface area contributed by atoms with Crippen molar-refractivity contribution in [1.82, 2.24) is 29.4 Å². The van der Waals surface area contributed by atoms with Gasteiger partial charge < -0.3 is 0 Å². The molecular weight excluding hydrogens is 308 g/mol. The zero-order valence-corrected chi connectivity index (χ0v) is 13.9. The van der Waals surface area contributed by atoms with Crippen molar-refractivity contribution in [2.45, 2.75) is 39.7 Å². The number of fused-ring (bicyclic) bond motifs is 5. The number of rotatable bonds is 2. The monoisotopic (exact) mass is 324 g/mol. The molecule has 0 radical (unpaired) electrons. The summed E-state index contributed by atoms with van der Waals surface area (Å²) in [6, 6.07) is 2.07. The van der Waals surface area contributed by atoms with Gasteiger partial charge in [-0.15, -0.1) is 16.4 Å². The SMILES string of the molecule is Cc1cc(C)n(Cc2nc3c4c5c(sc4ncn3n2)CCC5)n1. The Balaban J connectivity index is 1.67. The highest BCUT2D eigenvalue weighted by atomic mass is 32.1. The van der Waals surface area contributed by atoms with Gasteiger partial charge in [-0.2, -0.15) is 5.10 Å². The minimum Gasteiger partial charge on any atom is -0.262 e. The van der Waals surface area contributed by atoms with E-state index in [1.807, 2.05) is 27.5 Å². The van der Waals surface area contributed by atoms with Gasteiger partial charge in [0.05, 0.1) is 11.1 Å². The van der Waals surface area contributed by atoms with E-state index in [-0.39, 0.29) is 0 Å². The second kappa shape index (κ2) is 4.61. The van der Waals surface area contributed by atoms with E-state index in [4.69, 9.17) is 4.98 Å². The predicted octanol–water partition coefficient (Wildman–Crippen LogP) is 2.69. The summed E-state index contributed by atoms with van der Waals surface area (Å²) in [5, 5.41) is 10.3. The summed E-state index contributed by atoms with van der Waals surface area (Å²) < 4.78 is 3.77. The minimum absolute atomic E-state index is 0.592. The molecule has 0 bridgehead atoms. The van der Waals surface area contributed by atoms with Crippen LogP contribution in [-0.2, 0) is 19.4 Å². The molecule has 7 heteroatoms. The molecule has 1 aliphatic rings. The molecule has 0 fully saturated rings. The molecule has 4 aromatic heterocycles. The second-order valence-corrected chi connectivity index (χ2v) is 7.25. The highest BCUT2D eigenvalue weighted by Gasteiger charge is 2.22. The summed E-state index contributed by atoms with van der Waals surface area (Å²) in [4.78, 5) is 11.9. The second-order valence-electron chi connectivity index (χ2n) is 6.16. The molecule has 0 unspecified atom stereocenters. The summed E-state index contributed by atoms with van der Waals surface area (Å²) in [7, 11) is 0. The smallest absolute Gasteiger partial charge is 0.173 e. The minimum atomic E-state index is 0.592. The highest BCUT2D eigenvalue weighted by molar-refractivity contribution is 7.19. The molecule has 116 valence electrons. The van der Waals surface area contributed by atoms with E-state index >= 15 is 0 Å². The lowest BCUT2D eigenvalue weighted by molar-refractivity contribution is 0.630. The van der Waals surface area contributed by atoms with Crippen LogP contribution in [0.4, 0.5) is 0 Å². The Morgan fingerprint density at radius 1 is 1.22 bits per heavy atom. The van der Waals surface area contributed by atoms with Gasteiger partial charge in [0.15, 0.2) is 11.5 Å². The van der Waals surface area contributed by atoms with Crippen molar-refractivity contribution >= 4 is 27.2 Å². The molecule has 0 aliphatic heterocycles. The zero-order valence-electron chi connectivity index (χ0n) is 13.1. The van der Waals surface area contributed by atoms with Gasteiger partial charge in [0.1, 0.15) is 17.7 Å². The van der Waals surface area contributed by atoms with Crippen LogP contribution in [-0.4, -0.2) is 29.4 Å². The molecule has 6 nitrogen and oxygen atoms in total. The predicted molar refractivity (Wildman–Crippen MR) is 89.0 cm³/mol. The normalized spacial score (nSPS) is 14.2. The molecule has 0 saturated heterocycles. The fraction of sp³-hybridized carbons (Fsp3) is 0.375. The Hall–Kier alpha value is -2.28. The molecule has 1 aliphatic carbocycles. The first-order chi connectivity index (χ1) is 11.2. The molecule has 0 saturated carbocycles. The van der Waals surface area contributed by atoms with Gasteiger partial charge in [-0.1, -0.05) is 0 Å². The van der Waals surface area contributed by atoms with Crippen molar-refractivity contribution in [3.8, 4) is 0 Å².